The highest BCUT2D eigenvalue weighted by atomic mass is 35.5. The molecule has 0 saturated heterocycles. The van der Waals surface area contributed by atoms with Crippen LogP contribution < -0.4 is 10.6 Å². The zero-order valence-electron chi connectivity index (χ0n) is 10.7. The summed E-state index contributed by atoms with van der Waals surface area (Å²) in [6.07, 6.45) is 2.08. The van der Waals surface area contributed by atoms with Crippen LogP contribution >= 0.6 is 11.6 Å². The topological polar surface area (TPSA) is 24.1 Å². The Bertz CT molecular complexity index is 568. The van der Waals surface area contributed by atoms with Gasteiger partial charge in [0.25, 0.3) is 0 Å². The number of benzene rings is 2. The number of anilines is 2. The molecule has 1 heterocycles. The summed E-state index contributed by atoms with van der Waals surface area (Å²) in [5.74, 6) is 0. The van der Waals surface area contributed by atoms with Gasteiger partial charge in [0.05, 0.1) is 11.4 Å². The molecule has 3 heteroatoms. The maximum Gasteiger partial charge on any atom is 0.0578 e. The lowest BCUT2D eigenvalue weighted by Gasteiger charge is -2.28. The number of hydrogen-bond donors (Lipinski definition) is 2. The Morgan fingerprint density at radius 1 is 1.00 bits per heavy atom. The summed E-state index contributed by atoms with van der Waals surface area (Å²) < 4.78 is 0. The van der Waals surface area contributed by atoms with Crippen molar-refractivity contribution >= 4 is 23.0 Å². The van der Waals surface area contributed by atoms with Gasteiger partial charge in [-0.05, 0) is 36.6 Å². The molecule has 1 aliphatic heterocycles. The van der Waals surface area contributed by atoms with E-state index in [1.54, 1.807) is 0 Å². The van der Waals surface area contributed by atoms with Gasteiger partial charge in [0.15, 0.2) is 0 Å². The summed E-state index contributed by atoms with van der Waals surface area (Å²) in [7, 11) is 0. The van der Waals surface area contributed by atoms with E-state index in [-0.39, 0.29) is 0 Å². The quantitative estimate of drug-likeness (QED) is 0.876. The molecule has 0 spiro atoms. The largest absolute Gasteiger partial charge is 0.381 e. The molecule has 98 valence electrons. The molecule has 0 radical (unpaired) electrons. The number of rotatable bonds is 3. The van der Waals surface area contributed by atoms with Crippen molar-refractivity contribution in [1.82, 2.24) is 0 Å². The monoisotopic (exact) mass is 272 g/mol. The van der Waals surface area contributed by atoms with Gasteiger partial charge in [-0.3, -0.25) is 0 Å². The van der Waals surface area contributed by atoms with Gasteiger partial charge >= 0.3 is 0 Å². The van der Waals surface area contributed by atoms with Crippen LogP contribution in [0.15, 0.2) is 48.5 Å². The van der Waals surface area contributed by atoms with Crippen molar-refractivity contribution in [3.63, 3.8) is 0 Å². The van der Waals surface area contributed by atoms with Crippen LogP contribution in [-0.2, 0) is 6.42 Å². The lowest BCUT2D eigenvalue weighted by Crippen LogP contribution is -2.33. The van der Waals surface area contributed by atoms with Gasteiger partial charge in [-0.1, -0.05) is 41.9 Å². The molecular weight excluding hydrogens is 256 g/mol. The third kappa shape index (κ3) is 2.85. The van der Waals surface area contributed by atoms with Crippen LogP contribution in [-0.4, -0.2) is 12.6 Å². The molecule has 0 unspecified atom stereocenters. The van der Waals surface area contributed by atoms with E-state index in [0.29, 0.717) is 6.04 Å². The first-order valence-electron chi connectivity index (χ1n) is 6.66. The number of para-hydroxylation sites is 2. The van der Waals surface area contributed by atoms with Gasteiger partial charge in [0, 0.05) is 17.6 Å². The standard InChI is InChI=1S/C16H17ClN2/c17-14-6-2-1-5-12(14)9-10-13-11-18-15-7-3-4-8-16(15)19-13/h1-8,13,18-19H,9-11H2/t13-/m0/s1. The van der Waals surface area contributed by atoms with E-state index in [1.807, 2.05) is 18.2 Å². The molecule has 0 fully saturated rings. The van der Waals surface area contributed by atoms with Gasteiger partial charge in [-0.2, -0.15) is 0 Å². The maximum atomic E-state index is 6.19. The predicted octanol–water partition coefficient (Wildman–Crippen LogP) is 4.18. The van der Waals surface area contributed by atoms with E-state index in [9.17, 15) is 0 Å². The Morgan fingerprint density at radius 2 is 1.74 bits per heavy atom. The van der Waals surface area contributed by atoms with Crippen LogP contribution in [0.5, 0.6) is 0 Å². The van der Waals surface area contributed by atoms with Crippen molar-refractivity contribution in [2.75, 3.05) is 17.2 Å². The molecule has 2 nitrogen and oxygen atoms in total. The van der Waals surface area contributed by atoms with Crippen LogP contribution in [0.3, 0.4) is 0 Å². The molecule has 3 rings (SSSR count). The molecule has 0 bridgehead atoms. The second kappa shape index (κ2) is 5.54. The smallest absolute Gasteiger partial charge is 0.0578 e. The predicted molar refractivity (Wildman–Crippen MR) is 82.1 cm³/mol. The first-order chi connectivity index (χ1) is 9.33. The summed E-state index contributed by atoms with van der Waals surface area (Å²) >= 11 is 6.19. The van der Waals surface area contributed by atoms with Crippen LogP contribution in [0.1, 0.15) is 12.0 Å². The molecular formula is C16H17ClN2. The number of hydrogen-bond acceptors (Lipinski definition) is 2. The Kier molecular flexibility index (Phi) is 3.60. The van der Waals surface area contributed by atoms with Gasteiger partial charge in [-0.15, -0.1) is 0 Å². The van der Waals surface area contributed by atoms with E-state index in [0.717, 1.165) is 24.4 Å². The second-order valence-electron chi connectivity index (χ2n) is 4.90. The van der Waals surface area contributed by atoms with Crippen molar-refractivity contribution in [3.05, 3.63) is 59.1 Å². The fraction of sp³-hybridized carbons (Fsp3) is 0.250. The molecule has 2 aromatic rings. The molecule has 2 N–H and O–H groups in total. The first kappa shape index (κ1) is 12.4. The van der Waals surface area contributed by atoms with Crippen LogP contribution in [0.4, 0.5) is 11.4 Å². The zero-order valence-corrected chi connectivity index (χ0v) is 11.5. The summed E-state index contributed by atoms with van der Waals surface area (Å²) in [5.41, 5.74) is 3.61. The number of fused-ring (bicyclic) bond motifs is 1. The second-order valence-corrected chi connectivity index (χ2v) is 5.31. The highest BCUT2D eigenvalue weighted by molar-refractivity contribution is 6.31. The molecule has 0 saturated carbocycles. The summed E-state index contributed by atoms with van der Waals surface area (Å²) in [6.45, 7) is 0.960. The Morgan fingerprint density at radius 3 is 2.58 bits per heavy atom. The minimum Gasteiger partial charge on any atom is -0.381 e. The Balaban J connectivity index is 1.62. The van der Waals surface area contributed by atoms with E-state index in [1.165, 1.54) is 16.9 Å². The number of halogens is 1. The minimum absolute atomic E-state index is 0.450. The first-order valence-corrected chi connectivity index (χ1v) is 7.03. The van der Waals surface area contributed by atoms with E-state index >= 15 is 0 Å². The SMILES string of the molecule is Clc1ccccc1CC[C@H]1CNc2ccccc2N1. The highest BCUT2D eigenvalue weighted by Crippen LogP contribution is 2.27. The number of nitrogens with one attached hydrogen (secondary N) is 2. The van der Waals surface area contributed by atoms with Gasteiger partial charge in [0.1, 0.15) is 0 Å². The van der Waals surface area contributed by atoms with Gasteiger partial charge in [0.2, 0.25) is 0 Å². The van der Waals surface area contributed by atoms with Crippen LogP contribution in [0, 0.1) is 0 Å². The normalized spacial score (nSPS) is 17.2. The van der Waals surface area contributed by atoms with Crippen molar-refractivity contribution in [1.29, 1.82) is 0 Å². The average molecular weight is 273 g/mol. The lowest BCUT2D eigenvalue weighted by molar-refractivity contribution is 0.668. The van der Waals surface area contributed by atoms with E-state index < -0.39 is 0 Å². The van der Waals surface area contributed by atoms with E-state index in [4.69, 9.17) is 11.6 Å². The highest BCUT2D eigenvalue weighted by Gasteiger charge is 2.16. The maximum absolute atomic E-state index is 6.19. The molecule has 0 amide bonds. The van der Waals surface area contributed by atoms with Crippen molar-refractivity contribution in [3.8, 4) is 0 Å². The van der Waals surface area contributed by atoms with Crippen molar-refractivity contribution in [2.24, 2.45) is 0 Å². The van der Waals surface area contributed by atoms with Gasteiger partial charge in [-0.25, -0.2) is 0 Å². The van der Waals surface area contributed by atoms with Crippen molar-refractivity contribution in [2.45, 2.75) is 18.9 Å². The molecule has 1 aliphatic rings. The molecule has 19 heavy (non-hydrogen) atoms. The third-order valence-electron chi connectivity index (χ3n) is 3.55. The zero-order chi connectivity index (χ0) is 13.1. The third-order valence-corrected chi connectivity index (χ3v) is 3.91. The van der Waals surface area contributed by atoms with Crippen molar-refractivity contribution < 1.29 is 0 Å². The molecule has 1 atom stereocenters. The molecule has 0 aromatic heterocycles. The fourth-order valence-corrected chi connectivity index (χ4v) is 2.70. The summed E-state index contributed by atoms with van der Waals surface area (Å²) in [4.78, 5) is 0. The number of aryl methyl sites for hydroxylation is 1. The molecule has 0 aliphatic carbocycles. The fourth-order valence-electron chi connectivity index (χ4n) is 2.47. The van der Waals surface area contributed by atoms with Crippen LogP contribution in [0.2, 0.25) is 5.02 Å². The summed E-state index contributed by atoms with van der Waals surface area (Å²) in [6, 6.07) is 16.9. The molecule has 2 aromatic carbocycles. The Hall–Kier alpha value is -1.67. The van der Waals surface area contributed by atoms with Crippen LogP contribution in [0.25, 0.3) is 0 Å². The van der Waals surface area contributed by atoms with E-state index in [2.05, 4.69) is 41.0 Å². The summed E-state index contributed by atoms with van der Waals surface area (Å²) in [5, 5.41) is 7.92. The average Bonchev–Trinajstić information content (AvgIpc) is 2.46. The minimum atomic E-state index is 0.450. The Labute approximate surface area is 118 Å². The lowest BCUT2D eigenvalue weighted by atomic mass is 10.0. The van der Waals surface area contributed by atoms with Gasteiger partial charge < -0.3 is 10.6 Å².